The summed E-state index contributed by atoms with van der Waals surface area (Å²) in [5.41, 5.74) is 0. The summed E-state index contributed by atoms with van der Waals surface area (Å²) in [6, 6.07) is -1.01. The van der Waals surface area contributed by atoms with Crippen LogP contribution in [0.5, 0.6) is 0 Å². The van der Waals surface area contributed by atoms with E-state index in [9.17, 15) is 45.1 Å². The van der Waals surface area contributed by atoms with Crippen molar-refractivity contribution in [3.05, 3.63) is 0 Å². The summed E-state index contributed by atoms with van der Waals surface area (Å²) in [5, 5.41) is 1.92. The normalized spacial score (nSPS) is 18.2. The third-order valence-electron chi connectivity index (χ3n) is 3.60. The fourth-order valence-electron chi connectivity index (χ4n) is 2.17. The average molecular weight is 412 g/mol. The number of ether oxygens (including phenoxy) is 2. The van der Waals surface area contributed by atoms with Crippen LogP contribution >= 0.6 is 0 Å². The van der Waals surface area contributed by atoms with Gasteiger partial charge in [-0.2, -0.15) is 30.7 Å². The molecule has 1 aliphatic heterocycles. The lowest BCUT2D eigenvalue weighted by molar-refractivity contribution is -0.359. The molecule has 1 atom stereocenters. The number of nitrogens with zero attached hydrogens (tertiary/aromatic N) is 1. The number of nitrogens with one attached hydrogen (secondary N) is 1. The van der Waals surface area contributed by atoms with Crippen molar-refractivity contribution in [1.29, 1.82) is 0 Å². The fraction of sp³-hybridized carbons (Fsp3) is 0.769. The monoisotopic (exact) mass is 412 g/mol. The molecule has 0 aromatic carbocycles. The van der Waals surface area contributed by atoms with Crippen LogP contribution in [0.1, 0.15) is 12.8 Å². The van der Waals surface area contributed by atoms with Crippen LogP contribution in [-0.2, 0) is 19.1 Å². The predicted molar refractivity (Wildman–Crippen MR) is 72.1 cm³/mol. The minimum absolute atomic E-state index is 0.188. The molecule has 156 valence electrons. The number of carbonyl (C=O) groups is 3. The quantitative estimate of drug-likeness (QED) is 0.531. The van der Waals surface area contributed by atoms with E-state index in [4.69, 9.17) is 0 Å². The first kappa shape index (κ1) is 22.8. The smallest absolute Gasteiger partial charge is 0.458 e. The number of alkyl halides is 7. The molecule has 1 unspecified atom stereocenters. The Hall–Kier alpha value is -2.28. The Labute approximate surface area is 147 Å². The highest BCUT2D eigenvalue weighted by Gasteiger charge is 2.73. The van der Waals surface area contributed by atoms with E-state index in [2.05, 4.69) is 9.47 Å². The number of esters is 1. The van der Waals surface area contributed by atoms with Crippen LogP contribution in [0.2, 0.25) is 0 Å². The fourth-order valence-corrected chi connectivity index (χ4v) is 2.17. The first-order chi connectivity index (χ1) is 12.2. The molecule has 1 fully saturated rings. The molecule has 1 aliphatic rings. The Kier molecular flexibility index (Phi) is 6.88. The van der Waals surface area contributed by atoms with Gasteiger partial charge in [0.1, 0.15) is 12.6 Å². The highest BCUT2D eigenvalue weighted by Crippen LogP contribution is 2.46. The largest absolute Gasteiger partial charge is 0.460 e. The van der Waals surface area contributed by atoms with Gasteiger partial charge in [0.25, 0.3) is 0 Å². The summed E-state index contributed by atoms with van der Waals surface area (Å²) in [6.07, 6.45) is -6.71. The van der Waals surface area contributed by atoms with Gasteiger partial charge in [-0.1, -0.05) is 0 Å². The maximum absolute atomic E-state index is 13.0. The number of hydrogen-bond donors (Lipinski definition) is 1. The Morgan fingerprint density at radius 1 is 1.11 bits per heavy atom. The second-order valence-electron chi connectivity index (χ2n) is 5.48. The Morgan fingerprint density at radius 3 is 2.22 bits per heavy atom. The van der Waals surface area contributed by atoms with E-state index in [0.29, 0.717) is 6.42 Å². The van der Waals surface area contributed by atoms with Gasteiger partial charge in [-0.15, -0.1) is 0 Å². The van der Waals surface area contributed by atoms with Gasteiger partial charge in [-0.25, -0.2) is 4.79 Å². The van der Waals surface area contributed by atoms with E-state index in [1.165, 1.54) is 0 Å². The van der Waals surface area contributed by atoms with Gasteiger partial charge < -0.3 is 14.8 Å². The molecule has 0 aromatic rings. The van der Waals surface area contributed by atoms with Crippen molar-refractivity contribution in [2.75, 3.05) is 26.8 Å². The average Bonchev–Trinajstić information content (AvgIpc) is 3.05. The molecule has 0 radical (unpaired) electrons. The second-order valence-corrected chi connectivity index (χ2v) is 5.48. The zero-order valence-corrected chi connectivity index (χ0v) is 13.7. The zero-order valence-electron chi connectivity index (χ0n) is 13.7. The summed E-state index contributed by atoms with van der Waals surface area (Å²) in [4.78, 5) is 35.6. The van der Waals surface area contributed by atoms with E-state index in [0.717, 1.165) is 12.0 Å². The number of halogens is 7. The maximum atomic E-state index is 13.0. The molecule has 0 bridgehead atoms. The Balaban J connectivity index is 2.54. The molecule has 7 nitrogen and oxygen atoms in total. The van der Waals surface area contributed by atoms with Gasteiger partial charge in [0.15, 0.2) is 6.61 Å². The van der Waals surface area contributed by atoms with Crippen LogP contribution in [0.4, 0.5) is 35.5 Å². The maximum Gasteiger partial charge on any atom is 0.460 e. The lowest BCUT2D eigenvalue weighted by Crippen LogP contribution is -2.54. The summed E-state index contributed by atoms with van der Waals surface area (Å²) in [5.74, 6) is -14.6. The van der Waals surface area contributed by atoms with Gasteiger partial charge in [-0.05, 0) is 12.8 Å². The standard InChI is InChI=1S/C13H15F7N2O5/c1-26-10(25)22-4-2-3-7(22)9(24)21-5-8(23)27-6-11(14,15)12(16,17)13(18,19)20/h7H,2-6H2,1H3,(H,21,24). The molecule has 0 aliphatic carbocycles. The number of carbonyl (C=O) groups excluding carboxylic acids is 3. The molecule has 1 N–H and O–H groups in total. The van der Waals surface area contributed by atoms with Crippen molar-refractivity contribution in [3.63, 3.8) is 0 Å². The minimum atomic E-state index is -6.54. The molecule has 14 heteroatoms. The van der Waals surface area contributed by atoms with E-state index in [1.807, 2.05) is 5.32 Å². The van der Waals surface area contributed by atoms with E-state index in [-0.39, 0.29) is 13.0 Å². The highest BCUT2D eigenvalue weighted by atomic mass is 19.4. The summed E-state index contributed by atoms with van der Waals surface area (Å²) in [6.45, 7) is -3.42. The van der Waals surface area contributed by atoms with Crippen molar-refractivity contribution in [3.8, 4) is 0 Å². The molecule has 0 aromatic heterocycles. The number of rotatable bonds is 6. The second kappa shape index (κ2) is 8.17. The van der Waals surface area contributed by atoms with Gasteiger partial charge >= 0.3 is 30.1 Å². The van der Waals surface area contributed by atoms with Gasteiger partial charge in [0.2, 0.25) is 5.91 Å². The zero-order chi connectivity index (χ0) is 21.0. The number of hydrogen-bond acceptors (Lipinski definition) is 5. The SMILES string of the molecule is COC(=O)N1CCCC1C(=O)NCC(=O)OCC(F)(F)C(F)(F)C(F)(F)F. The van der Waals surface area contributed by atoms with Crippen molar-refractivity contribution in [2.24, 2.45) is 0 Å². The summed E-state index contributed by atoms with van der Waals surface area (Å²) >= 11 is 0. The Morgan fingerprint density at radius 2 is 1.70 bits per heavy atom. The molecule has 2 amide bonds. The number of likely N-dealkylation sites (tertiary alicyclic amines) is 1. The third-order valence-corrected chi connectivity index (χ3v) is 3.60. The van der Waals surface area contributed by atoms with Gasteiger partial charge in [-0.3, -0.25) is 14.5 Å². The van der Waals surface area contributed by atoms with Crippen LogP contribution < -0.4 is 5.32 Å². The third kappa shape index (κ3) is 5.13. The van der Waals surface area contributed by atoms with Crippen LogP contribution in [0.25, 0.3) is 0 Å². The lowest BCUT2D eigenvalue weighted by atomic mass is 10.2. The van der Waals surface area contributed by atoms with E-state index >= 15 is 0 Å². The Bertz CT molecular complexity index is 582. The molecule has 0 saturated carbocycles. The predicted octanol–water partition coefficient (Wildman–Crippen LogP) is 1.71. The van der Waals surface area contributed by atoms with E-state index in [1.54, 1.807) is 0 Å². The van der Waals surface area contributed by atoms with Gasteiger partial charge in [0.05, 0.1) is 7.11 Å². The highest BCUT2D eigenvalue weighted by molar-refractivity contribution is 5.88. The van der Waals surface area contributed by atoms with Crippen LogP contribution in [0.15, 0.2) is 0 Å². The number of amides is 2. The van der Waals surface area contributed by atoms with Crippen LogP contribution in [-0.4, -0.2) is 73.7 Å². The van der Waals surface area contributed by atoms with Crippen LogP contribution in [0.3, 0.4) is 0 Å². The van der Waals surface area contributed by atoms with Crippen LogP contribution in [0, 0.1) is 0 Å². The van der Waals surface area contributed by atoms with Crippen molar-refractivity contribution >= 4 is 18.0 Å². The topological polar surface area (TPSA) is 84.9 Å². The van der Waals surface area contributed by atoms with E-state index < -0.39 is 55.2 Å². The molecule has 0 spiro atoms. The molecule has 27 heavy (non-hydrogen) atoms. The lowest BCUT2D eigenvalue weighted by Gasteiger charge is -2.27. The van der Waals surface area contributed by atoms with Crippen molar-refractivity contribution in [2.45, 2.75) is 36.9 Å². The van der Waals surface area contributed by atoms with Crippen molar-refractivity contribution < 1.29 is 54.6 Å². The first-order valence-corrected chi connectivity index (χ1v) is 7.35. The molecule has 1 saturated heterocycles. The summed E-state index contributed by atoms with van der Waals surface area (Å²) in [7, 11) is 1.07. The molecular formula is C13H15F7N2O5. The summed E-state index contributed by atoms with van der Waals surface area (Å²) < 4.78 is 95.2. The van der Waals surface area contributed by atoms with Gasteiger partial charge in [0, 0.05) is 6.54 Å². The first-order valence-electron chi connectivity index (χ1n) is 7.35. The van der Waals surface area contributed by atoms with Crippen molar-refractivity contribution in [1.82, 2.24) is 10.2 Å². The molecular weight excluding hydrogens is 397 g/mol. The molecule has 1 heterocycles. The number of methoxy groups -OCH3 is 1. The molecule has 1 rings (SSSR count). The minimum Gasteiger partial charge on any atom is -0.458 e.